The van der Waals surface area contributed by atoms with E-state index in [2.05, 4.69) is 5.32 Å². The van der Waals surface area contributed by atoms with E-state index in [0.717, 1.165) is 11.1 Å². The van der Waals surface area contributed by atoms with E-state index in [1.54, 1.807) is 36.2 Å². The molecule has 216 valence electrons. The number of carbonyl (C=O) groups excluding carboxylic acids is 3. The zero-order chi connectivity index (χ0) is 29.2. The first-order valence-electron chi connectivity index (χ1n) is 13.5. The molecule has 0 spiro atoms. The van der Waals surface area contributed by atoms with E-state index in [9.17, 15) is 14.4 Å². The number of hydrogen-bond donors (Lipinski definition) is 1. The van der Waals surface area contributed by atoms with Gasteiger partial charge in [-0.05, 0) is 29.7 Å². The number of methoxy groups -OCH3 is 2. The monoisotopic (exact) mass is 559 g/mol. The third-order valence-electron chi connectivity index (χ3n) is 7.02. The SMILES string of the molecule is COc1ccc(CCN2CC3N(CC2=O)C(=O)CN(C)N3C(=O)NCc2ccccc2)cc1OC.c1ccccc1. The minimum absolute atomic E-state index is 0.0359. The second kappa shape index (κ2) is 14.2. The van der Waals surface area contributed by atoms with E-state index in [1.807, 2.05) is 84.9 Å². The zero-order valence-electron chi connectivity index (χ0n) is 23.7. The predicted molar refractivity (Wildman–Crippen MR) is 155 cm³/mol. The first kappa shape index (κ1) is 29.4. The van der Waals surface area contributed by atoms with Crippen molar-refractivity contribution in [3.8, 4) is 11.5 Å². The highest BCUT2D eigenvalue weighted by Crippen LogP contribution is 2.28. The quantitative estimate of drug-likeness (QED) is 0.479. The minimum Gasteiger partial charge on any atom is -0.493 e. The number of nitrogens with zero attached hydrogens (tertiary/aromatic N) is 4. The van der Waals surface area contributed by atoms with Crippen molar-refractivity contribution in [2.24, 2.45) is 0 Å². The number of rotatable bonds is 7. The fourth-order valence-corrected chi connectivity index (χ4v) is 4.85. The standard InChI is InChI=1S/C25H31N5O5.C6H6/c1-27-16-24(32)29-17-23(31)28(12-11-18-9-10-20(34-2)21(13-18)35-3)15-22(29)30(27)25(33)26-14-19-7-5-4-6-8-19;1-2-4-6-5-3-1/h4-10,13,22H,11-12,14-17H2,1-3H3,(H,26,33);1-6H. The number of likely N-dealkylation sites (N-methyl/N-ethyl adjacent to an activating group) is 1. The van der Waals surface area contributed by atoms with Crippen LogP contribution in [0.15, 0.2) is 84.9 Å². The maximum Gasteiger partial charge on any atom is 0.334 e. The second-order valence-corrected chi connectivity index (χ2v) is 9.74. The van der Waals surface area contributed by atoms with Crippen molar-refractivity contribution >= 4 is 17.8 Å². The minimum atomic E-state index is -0.569. The Morgan fingerprint density at radius 1 is 0.829 bits per heavy atom. The summed E-state index contributed by atoms with van der Waals surface area (Å²) in [5.41, 5.74) is 1.97. The van der Waals surface area contributed by atoms with Crippen LogP contribution in [0.4, 0.5) is 4.79 Å². The van der Waals surface area contributed by atoms with E-state index >= 15 is 0 Å². The average Bonchev–Trinajstić information content (AvgIpc) is 3.01. The maximum absolute atomic E-state index is 13.1. The number of ether oxygens (including phenoxy) is 2. The molecule has 2 fully saturated rings. The summed E-state index contributed by atoms with van der Waals surface area (Å²) in [6, 6.07) is 27.0. The van der Waals surface area contributed by atoms with Crippen molar-refractivity contribution in [3.63, 3.8) is 0 Å². The molecule has 0 bridgehead atoms. The van der Waals surface area contributed by atoms with Gasteiger partial charge < -0.3 is 24.6 Å². The molecule has 10 nitrogen and oxygen atoms in total. The van der Waals surface area contributed by atoms with E-state index in [1.165, 1.54) is 4.90 Å². The Bertz CT molecular complexity index is 1280. The van der Waals surface area contributed by atoms with E-state index in [4.69, 9.17) is 9.47 Å². The van der Waals surface area contributed by atoms with Gasteiger partial charge in [0.2, 0.25) is 11.8 Å². The summed E-state index contributed by atoms with van der Waals surface area (Å²) in [7, 11) is 4.88. The highest BCUT2D eigenvalue weighted by molar-refractivity contribution is 5.89. The lowest BCUT2D eigenvalue weighted by Gasteiger charge is -2.51. The van der Waals surface area contributed by atoms with Gasteiger partial charge in [0.25, 0.3) is 0 Å². The van der Waals surface area contributed by atoms with Crippen LogP contribution in [0, 0.1) is 0 Å². The lowest BCUT2D eigenvalue weighted by atomic mass is 10.1. The Labute approximate surface area is 241 Å². The van der Waals surface area contributed by atoms with Crippen LogP contribution in [-0.2, 0) is 22.6 Å². The molecule has 2 aliphatic heterocycles. The van der Waals surface area contributed by atoms with Gasteiger partial charge in [-0.15, -0.1) is 0 Å². The van der Waals surface area contributed by atoms with Crippen molar-refractivity contribution in [1.29, 1.82) is 0 Å². The molecular weight excluding hydrogens is 522 g/mol. The number of hydrazine groups is 1. The third kappa shape index (κ3) is 7.55. The van der Waals surface area contributed by atoms with Crippen LogP contribution >= 0.6 is 0 Å². The zero-order valence-corrected chi connectivity index (χ0v) is 23.7. The fourth-order valence-electron chi connectivity index (χ4n) is 4.85. The number of benzene rings is 3. The molecule has 0 aliphatic carbocycles. The number of urea groups is 1. The first-order valence-corrected chi connectivity index (χ1v) is 13.5. The molecule has 2 heterocycles. The van der Waals surface area contributed by atoms with Gasteiger partial charge in [-0.2, -0.15) is 0 Å². The van der Waals surface area contributed by atoms with Crippen LogP contribution in [0.1, 0.15) is 11.1 Å². The molecule has 2 saturated heterocycles. The lowest BCUT2D eigenvalue weighted by Crippen LogP contribution is -2.73. The van der Waals surface area contributed by atoms with Gasteiger partial charge in [-0.3, -0.25) is 9.59 Å². The predicted octanol–water partition coefficient (Wildman–Crippen LogP) is 3.00. The molecule has 3 aromatic carbocycles. The Morgan fingerprint density at radius 2 is 1.46 bits per heavy atom. The molecule has 5 rings (SSSR count). The van der Waals surface area contributed by atoms with Gasteiger partial charge in [-0.1, -0.05) is 72.8 Å². The largest absolute Gasteiger partial charge is 0.493 e. The van der Waals surface area contributed by atoms with E-state index < -0.39 is 6.17 Å². The number of fused-ring (bicyclic) bond motifs is 1. The molecule has 0 aromatic heterocycles. The van der Waals surface area contributed by atoms with Gasteiger partial charge in [0.05, 0.1) is 27.3 Å². The van der Waals surface area contributed by atoms with Gasteiger partial charge in [0.1, 0.15) is 12.7 Å². The highest BCUT2D eigenvalue weighted by atomic mass is 16.5. The highest BCUT2D eigenvalue weighted by Gasteiger charge is 2.45. The van der Waals surface area contributed by atoms with Crippen molar-refractivity contribution in [1.82, 2.24) is 25.1 Å². The van der Waals surface area contributed by atoms with Gasteiger partial charge in [-0.25, -0.2) is 14.8 Å². The summed E-state index contributed by atoms with van der Waals surface area (Å²) in [5.74, 6) is 0.963. The molecule has 41 heavy (non-hydrogen) atoms. The molecule has 1 atom stereocenters. The number of piperazine rings is 1. The maximum atomic E-state index is 13.1. The fraction of sp³-hybridized carbons (Fsp3) is 0.323. The number of hydrogen-bond acceptors (Lipinski definition) is 6. The van der Waals surface area contributed by atoms with Crippen LogP contribution < -0.4 is 14.8 Å². The summed E-state index contributed by atoms with van der Waals surface area (Å²) in [6.45, 7) is 1.05. The molecule has 10 heteroatoms. The van der Waals surface area contributed by atoms with Crippen molar-refractivity contribution in [3.05, 3.63) is 96.1 Å². The molecule has 1 N–H and O–H groups in total. The Kier molecular flexibility index (Phi) is 10.2. The molecule has 4 amide bonds. The Hall–Kier alpha value is -4.57. The topological polar surface area (TPSA) is 94.7 Å². The number of amides is 4. The molecule has 2 aliphatic rings. The summed E-state index contributed by atoms with van der Waals surface area (Å²) >= 11 is 0. The summed E-state index contributed by atoms with van der Waals surface area (Å²) in [6.07, 6.45) is 0.0307. The molecule has 0 radical (unpaired) electrons. The van der Waals surface area contributed by atoms with Gasteiger partial charge in [0, 0.05) is 20.1 Å². The Balaban J connectivity index is 0.000000572. The number of carbonyl (C=O) groups is 3. The van der Waals surface area contributed by atoms with Crippen LogP contribution in [0.2, 0.25) is 0 Å². The van der Waals surface area contributed by atoms with Crippen LogP contribution in [-0.4, -0.2) is 91.3 Å². The molecular formula is C31H37N5O5. The molecule has 3 aromatic rings. The first-order chi connectivity index (χ1) is 19.9. The molecule has 0 saturated carbocycles. The van der Waals surface area contributed by atoms with Gasteiger partial charge >= 0.3 is 6.03 Å². The summed E-state index contributed by atoms with van der Waals surface area (Å²) in [5, 5.41) is 6.09. The molecule has 1 unspecified atom stereocenters. The van der Waals surface area contributed by atoms with E-state index in [-0.39, 0.29) is 37.5 Å². The van der Waals surface area contributed by atoms with Crippen LogP contribution in [0.3, 0.4) is 0 Å². The van der Waals surface area contributed by atoms with E-state index in [0.29, 0.717) is 31.0 Å². The van der Waals surface area contributed by atoms with Crippen molar-refractivity contribution in [2.75, 3.05) is 47.4 Å². The van der Waals surface area contributed by atoms with Crippen LogP contribution in [0.25, 0.3) is 0 Å². The van der Waals surface area contributed by atoms with Crippen LogP contribution in [0.5, 0.6) is 11.5 Å². The lowest BCUT2D eigenvalue weighted by molar-refractivity contribution is -0.178. The average molecular weight is 560 g/mol. The smallest absolute Gasteiger partial charge is 0.334 e. The summed E-state index contributed by atoms with van der Waals surface area (Å²) < 4.78 is 10.7. The second-order valence-electron chi connectivity index (χ2n) is 9.74. The summed E-state index contributed by atoms with van der Waals surface area (Å²) in [4.78, 5) is 41.9. The Morgan fingerprint density at radius 3 is 2.10 bits per heavy atom. The normalized spacial score (nSPS) is 16.9. The van der Waals surface area contributed by atoms with Crippen molar-refractivity contribution in [2.45, 2.75) is 19.1 Å². The van der Waals surface area contributed by atoms with Crippen molar-refractivity contribution < 1.29 is 23.9 Å². The third-order valence-corrected chi connectivity index (χ3v) is 7.02. The van der Waals surface area contributed by atoms with Gasteiger partial charge in [0.15, 0.2) is 11.5 Å². The number of nitrogens with one attached hydrogen (secondary N) is 1.